The Hall–Kier alpha value is -3.45. The zero-order valence-corrected chi connectivity index (χ0v) is 15.9. The Morgan fingerprint density at radius 1 is 0.931 bits per heavy atom. The van der Waals surface area contributed by atoms with Crippen LogP contribution in [0.3, 0.4) is 0 Å². The monoisotopic (exact) mass is 390 g/mol. The molecule has 29 heavy (non-hydrogen) atoms. The fraction of sp³-hybridized carbons (Fsp3) is 0.227. The zero-order chi connectivity index (χ0) is 19.9. The molecule has 3 aromatic rings. The Morgan fingerprint density at radius 3 is 2.48 bits per heavy atom. The highest BCUT2D eigenvalue weighted by atomic mass is 16.5. The van der Waals surface area contributed by atoms with Crippen LogP contribution in [-0.2, 0) is 4.74 Å². The van der Waals surface area contributed by atoms with Crippen LogP contribution in [-0.4, -0.2) is 35.4 Å². The van der Waals surface area contributed by atoms with Gasteiger partial charge in [0.25, 0.3) is 5.91 Å². The summed E-state index contributed by atoms with van der Waals surface area (Å²) in [5, 5.41) is 14.3. The molecule has 1 aliphatic rings. The second kappa shape index (κ2) is 9.16. The minimum Gasteiger partial charge on any atom is -0.457 e. The van der Waals surface area contributed by atoms with Crippen molar-refractivity contribution in [1.29, 1.82) is 0 Å². The maximum Gasteiger partial charge on any atom is 0.272 e. The summed E-state index contributed by atoms with van der Waals surface area (Å²) in [4.78, 5) is 12.3. The van der Waals surface area contributed by atoms with Crippen LogP contribution in [0.5, 0.6) is 11.5 Å². The SMILES string of the molecule is O=C(NC1CCOCC1)c1ccc(Nc2cccc(Oc3ccccc3)c2)nn1. The van der Waals surface area contributed by atoms with Gasteiger partial charge in [-0.1, -0.05) is 24.3 Å². The summed E-state index contributed by atoms with van der Waals surface area (Å²) in [5.41, 5.74) is 1.11. The number of carbonyl (C=O) groups excluding carboxylic acids is 1. The molecule has 148 valence electrons. The van der Waals surface area contributed by atoms with Gasteiger partial charge >= 0.3 is 0 Å². The van der Waals surface area contributed by atoms with Crippen molar-refractivity contribution in [2.24, 2.45) is 0 Å². The predicted molar refractivity (Wildman–Crippen MR) is 110 cm³/mol. The summed E-state index contributed by atoms with van der Waals surface area (Å²) in [7, 11) is 0. The highest BCUT2D eigenvalue weighted by Crippen LogP contribution is 2.25. The highest BCUT2D eigenvalue weighted by molar-refractivity contribution is 5.92. The third-order valence-electron chi connectivity index (χ3n) is 4.54. The van der Waals surface area contributed by atoms with Crippen molar-refractivity contribution >= 4 is 17.4 Å². The van der Waals surface area contributed by atoms with Crippen LogP contribution in [0.2, 0.25) is 0 Å². The number of benzene rings is 2. The van der Waals surface area contributed by atoms with Gasteiger partial charge in [0.1, 0.15) is 11.5 Å². The van der Waals surface area contributed by atoms with Gasteiger partial charge in [-0.25, -0.2) is 0 Å². The molecule has 7 nitrogen and oxygen atoms in total. The minimum atomic E-state index is -0.214. The third kappa shape index (κ3) is 5.30. The van der Waals surface area contributed by atoms with Gasteiger partial charge in [-0.3, -0.25) is 4.79 Å². The maximum atomic E-state index is 12.3. The molecule has 1 aromatic heterocycles. The Balaban J connectivity index is 1.37. The van der Waals surface area contributed by atoms with Gasteiger partial charge in [0.15, 0.2) is 11.5 Å². The van der Waals surface area contributed by atoms with Crippen molar-refractivity contribution < 1.29 is 14.3 Å². The average molecular weight is 390 g/mol. The lowest BCUT2D eigenvalue weighted by atomic mass is 10.1. The summed E-state index contributed by atoms with van der Waals surface area (Å²) >= 11 is 0. The largest absolute Gasteiger partial charge is 0.457 e. The third-order valence-corrected chi connectivity index (χ3v) is 4.54. The van der Waals surface area contributed by atoms with Crippen LogP contribution >= 0.6 is 0 Å². The molecule has 1 fully saturated rings. The van der Waals surface area contributed by atoms with Gasteiger partial charge in [-0.2, -0.15) is 0 Å². The molecular weight excluding hydrogens is 368 g/mol. The van der Waals surface area contributed by atoms with E-state index in [9.17, 15) is 4.79 Å². The van der Waals surface area contributed by atoms with E-state index >= 15 is 0 Å². The number of aromatic nitrogens is 2. The molecule has 0 saturated carbocycles. The average Bonchev–Trinajstić information content (AvgIpc) is 2.76. The molecule has 1 saturated heterocycles. The lowest BCUT2D eigenvalue weighted by molar-refractivity contribution is 0.0693. The second-order valence-corrected chi connectivity index (χ2v) is 6.73. The maximum absolute atomic E-state index is 12.3. The van der Waals surface area contributed by atoms with Crippen LogP contribution in [0.4, 0.5) is 11.5 Å². The van der Waals surface area contributed by atoms with E-state index < -0.39 is 0 Å². The van der Waals surface area contributed by atoms with E-state index in [1.54, 1.807) is 12.1 Å². The van der Waals surface area contributed by atoms with E-state index in [4.69, 9.17) is 9.47 Å². The summed E-state index contributed by atoms with van der Waals surface area (Å²) in [6, 6.07) is 20.7. The number of carbonyl (C=O) groups is 1. The molecule has 2 heterocycles. The summed E-state index contributed by atoms with van der Waals surface area (Å²) in [5.74, 6) is 1.81. The van der Waals surface area contributed by atoms with Crippen LogP contribution in [0.25, 0.3) is 0 Å². The molecule has 0 atom stereocenters. The number of para-hydroxylation sites is 1. The number of nitrogens with zero attached hydrogens (tertiary/aromatic N) is 2. The fourth-order valence-corrected chi connectivity index (χ4v) is 3.03. The van der Waals surface area contributed by atoms with E-state index in [2.05, 4.69) is 20.8 Å². The summed E-state index contributed by atoms with van der Waals surface area (Å²) in [6.45, 7) is 1.35. The van der Waals surface area contributed by atoms with Crippen molar-refractivity contribution in [1.82, 2.24) is 15.5 Å². The first-order valence-corrected chi connectivity index (χ1v) is 9.58. The fourth-order valence-electron chi connectivity index (χ4n) is 3.03. The molecule has 2 N–H and O–H groups in total. The number of rotatable bonds is 6. The van der Waals surface area contributed by atoms with Gasteiger partial charge in [0.2, 0.25) is 0 Å². The molecular formula is C22H22N4O3. The number of nitrogens with one attached hydrogen (secondary N) is 2. The van der Waals surface area contributed by atoms with E-state index in [0.717, 1.165) is 24.3 Å². The van der Waals surface area contributed by atoms with Gasteiger partial charge in [0, 0.05) is 31.0 Å². The highest BCUT2D eigenvalue weighted by Gasteiger charge is 2.18. The molecule has 1 aliphatic heterocycles. The Kier molecular flexibility index (Phi) is 5.97. The van der Waals surface area contributed by atoms with Crippen LogP contribution in [0.15, 0.2) is 66.7 Å². The Labute approximate surface area is 169 Å². The topological polar surface area (TPSA) is 85.4 Å². The van der Waals surface area contributed by atoms with Crippen molar-refractivity contribution in [3.05, 3.63) is 72.4 Å². The predicted octanol–water partition coefficient (Wildman–Crippen LogP) is 3.92. The van der Waals surface area contributed by atoms with Gasteiger partial charge < -0.3 is 20.1 Å². The van der Waals surface area contributed by atoms with E-state index in [1.807, 2.05) is 54.6 Å². The number of anilines is 2. The summed E-state index contributed by atoms with van der Waals surface area (Å²) in [6.07, 6.45) is 1.64. The van der Waals surface area contributed by atoms with E-state index in [0.29, 0.717) is 30.5 Å². The van der Waals surface area contributed by atoms with Crippen LogP contribution in [0, 0.1) is 0 Å². The van der Waals surface area contributed by atoms with Crippen molar-refractivity contribution in [2.45, 2.75) is 18.9 Å². The molecule has 7 heteroatoms. The number of ether oxygens (including phenoxy) is 2. The van der Waals surface area contributed by atoms with Crippen LogP contribution in [0.1, 0.15) is 23.3 Å². The molecule has 0 spiro atoms. The Morgan fingerprint density at radius 2 is 1.72 bits per heavy atom. The standard InChI is InChI=1S/C22H22N4O3/c27-22(24-16-11-13-28-14-12-16)20-9-10-21(26-25-20)23-17-5-4-8-19(15-17)29-18-6-2-1-3-7-18/h1-10,15-16H,11-14H2,(H,23,26)(H,24,27). The quantitative estimate of drug-likeness (QED) is 0.664. The normalized spacial score (nSPS) is 14.2. The van der Waals surface area contributed by atoms with Crippen molar-refractivity contribution in [3.8, 4) is 11.5 Å². The first-order valence-electron chi connectivity index (χ1n) is 9.58. The summed E-state index contributed by atoms with van der Waals surface area (Å²) < 4.78 is 11.1. The van der Waals surface area contributed by atoms with Crippen molar-refractivity contribution in [3.63, 3.8) is 0 Å². The van der Waals surface area contributed by atoms with Gasteiger partial charge in [0.05, 0.1) is 0 Å². The molecule has 0 aliphatic carbocycles. The van der Waals surface area contributed by atoms with E-state index in [-0.39, 0.29) is 11.9 Å². The molecule has 0 unspecified atom stereocenters. The molecule has 0 radical (unpaired) electrons. The Bertz CT molecular complexity index is 942. The molecule has 4 rings (SSSR count). The molecule has 0 bridgehead atoms. The molecule has 1 amide bonds. The second-order valence-electron chi connectivity index (χ2n) is 6.73. The number of hydrogen-bond acceptors (Lipinski definition) is 6. The smallest absolute Gasteiger partial charge is 0.272 e. The minimum absolute atomic E-state index is 0.128. The van der Waals surface area contributed by atoms with Gasteiger partial charge in [-0.05, 0) is 49.2 Å². The first-order chi connectivity index (χ1) is 14.3. The lowest BCUT2D eigenvalue weighted by Crippen LogP contribution is -2.39. The zero-order valence-electron chi connectivity index (χ0n) is 15.9. The first kappa shape index (κ1) is 18.9. The van der Waals surface area contributed by atoms with E-state index in [1.165, 1.54) is 0 Å². The van der Waals surface area contributed by atoms with Crippen molar-refractivity contribution in [2.75, 3.05) is 18.5 Å². The van der Waals surface area contributed by atoms with Gasteiger partial charge in [-0.15, -0.1) is 10.2 Å². The van der Waals surface area contributed by atoms with Crippen LogP contribution < -0.4 is 15.4 Å². The number of hydrogen-bond donors (Lipinski definition) is 2. The lowest BCUT2D eigenvalue weighted by Gasteiger charge is -2.22. The molecule has 2 aromatic carbocycles. The number of amides is 1.